The molecule has 2 rings (SSSR count). The monoisotopic (exact) mass is 348 g/mol. The highest BCUT2D eigenvalue weighted by molar-refractivity contribution is 8.13. The number of ether oxygens (including phenoxy) is 1. The number of nitrogens with zero attached hydrogens (tertiary/aromatic N) is 2. The van der Waals surface area contributed by atoms with Gasteiger partial charge < -0.3 is 4.74 Å². The van der Waals surface area contributed by atoms with Gasteiger partial charge in [-0.05, 0) is 38.1 Å². The van der Waals surface area contributed by atoms with Crippen LogP contribution in [0.4, 0.5) is 0 Å². The lowest BCUT2D eigenvalue weighted by Crippen LogP contribution is -2.06. The fraction of sp³-hybridized carbons (Fsp3) is 0.308. The highest BCUT2D eigenvalue weighted by atomic mass is 35.7. The van der Waals surface area contributed by atoms with Crippen molar-refractivity contribution < 1.29 is 13.2 Å². The Bertz CT molecular complexity index is 757. The average Bonchev–Trinajstić information content (AvgIpc) is 2.76. The molecule has 1 heterocycles. The Morgan fingerprint density at radius 1 is 1.33 bits per heavy atom. The van der Waals surface area contributed by atoms with Crippen molar-refractivity contribution in [2.24, 2.45) is 0 Å². The van der Waals surface area contributed by atoms with Crippen LogP contribution in [0, 0.1) is 6.92 Å². The van der Waals surface area contributed by atoms with E-state index in [9.17, 15) is 8.42 Å². The van der Waals surface area contributed by atoms with Gasteiger partial charge in [0.1, 0.15) is 12.4 Å². The van der Waals surface area contributed by atoms with Crippen molar-refractivity contribution in [3.05, 3.63) is 40.7 Å². The first-order valence-electron chi connectivity index (χ1n) is 6.21. The first-order valence-corrected chi connectivity index (χ1v) is 8.90. The maximum atomic E-state index is 11.2. The van der Waals surface area contributed by atoms with E-state index < -0.39 is 9.05 Å². The van der Waals surface area contributed by atoms with Crippen LogP contribution < -0.4 is 4.74 Å². The van der Waals surface area contributed by atoms with Crippen molar-refractivity contribution in [1.82, 2.24) is 9.78 Å². The first kappa shape index (κ1) is 16.1. The van der Waals surface area contributed by atoms with Crippen molar-refractivity contribution in [3.8, 4) is 5.75 Å². The van der Waals surface area contributed by atoms with Crippen LogP contribution in [0.15, 0.2) is 29.2 Å². The van der Waals surface area contributed by atoms with Gasteiger partial charge in [-0.2, -0.15) is 5.10 Å². The molecule has 0 atom stereocenters. The van der Waals surface area contributed by atoms with E-state index in [1.54, 1.807) is 0 Å². The molecule has 0 saturated carbocycles. The van der Waals surface area contributed by atoms with Crippen molar-refractivity contribution in [3.63, 3.8) is 0 Å². The normalized spacial score (nSPS) is 11.6. The van der Waals surface area contributed by atoms with Crippen LogP contribution in [-0.2, 0) is 22.2 Å². The third-order valence-corrected chi connectivity index (χ3v) is 4.49. The van der Waals surface area contributed by atoms with E-state index in [2.05, 4.69) is 5.10 Å². The lowest BCUT2D eigenvalue weighted by atomic mass is 10.3. The molecule has 0 aliphatic rings. The number of halogens is 2. The fourth-order valence-corrected chi connectivity index (χ4v) is 2.97. The largest absolute Gasteiger partial charge is 0.486 e. The third-order valence-electron chi connectivity index (χ3n) is 2.85. The maximum absolute atomic E-state index is 11.2. The van der Waals surface area contributed by atoms with Crippen LogP contribution in [0.1, 0.15) is 18.3 Å². The van der Waals surface area contributed by atoms with Gasteiger partial charge in [0.2, 0.25) is 0 Å². The Labute approximate surface area is 132 Å². The minimum Gasteiger partial charge on any atom is -0.486 e. The van der Waals surface area contributed by atoms with E-state index in [-0.39, 0.29) is 9.92 Å². The topological polar surface area (TPSA) is 61.2 Å². The summed E-state index contributed by atoms with van der Waals surface area (Å²) in [6.45, 7) is 4.93. The summed E-state index contributed by atoms with van der Waals surface area (Å²) in [5.74, 6) is 0.391. The Hall–Kier alpha value is -1.24. The smallest absolute Gasteiger partial charge is 0.261 e. The molecule has 8 heteroatoms. The molecule has 5 nitrogen and oxygen atoms in total. The molecule has 114 valence electrons. The number of hydrogen-bond donors (Lipinski definition) is 0. The molecule has 0 aliphatic carbocycles. The average molecular weight is 349 g/mol. The molecule has 0 N–H and O–H groups in total. The van der Waals surface area contributed by atoms with Gasteiger partial charge in [0, 0.05) is 17.2 Å². The van der Waals surface area contributed by atoms with Crippen LogP contribution >= 0.6 is 22.3 Å². The number of rotatable bonds is 5. The van der Waals surface area contributed by atoms with Gasteiger partial charge in [0.05, 0.1) is 21.3 Å². The zero-order chi connectivity index (χ0) is 15.6. The summed E-state index contributed by atoms with van der Waals surface area (Å²) in [5, 5.41) is 4.51. The van der Waals surface area contributed by atoms with Crippen molar-refractivity contribution in [2.75, 3.05) is 0 Å². The molecule has 0 unspecified atom stereocenters. The molecule has 2 aromatic rings. The summed E-state index contributed by atoms with van der Waals surface area (Å²) >= 11 is 6.01. The summed E-state index contributed by atoms with van der Waals surface area (Å²) < 4.78 is 29.9. The summed E-state index contributed by atoms with van der Waals surface area (Å²) in [5.41, 5.74) is 1.82. The van der Waals surface area contributed by atoms with E-state index in [0.29, 0.717) is 12.4 Å². The minimum atomic E-state index is -3.80. The lowest BCUT2D eigenvalue weighted by Gasteiger charge is -2.09. The van der Waals surface area contributed by atoms with Gasteiger partial charge in [0.25, 0.3) is 9.05 Å². The summed E-state index contributed by atoms with van der Waals surface area (Å²) in [7, 11) is 1.46. The molecule has 0 amide bonds. The molecule has 0 spiro atoms. The SMILES string of the molecule is CCn1nc(C)cc1COc1ccc(S(=O)(=O)Cl)cc1Cl. The number of aryl methyl sites for hydroxylation is 2. The van der Waals surface area contributed by atoms with Crippen LogP contribution in [0.2, 0.25) is 5.02 Å². The second-order valence-corrected chi connectivity index (χ2v) is 7.38. The van der Waals surface area contributed by atoms with Crippen LogP contribution in [0.5, 0.6) is 5.75 Å². The fourth-order valence-electron chi connectivity index (χ4n) is 1.89. The number of hydrogen-bond acceptors (Lipinski definition) is 4. The van der Waals surface area contributed by atoms with Crippen LogP contribution in [0.3, 0.4) is 0 Å². The minimum absolute atomic E-state index is 0.0593. The zero-order valence-electron chi connectivity index (χ0n) is 11.5. The molecular weight excluding hydrogens is 335 g/mol. The van der Waals surface area contributed by atoms with Crippen LogP contribution in [-0.4, -0.2) is 18.2 Å². The second kappa shape index (κ2) is 6.25. The molecule has 0 bridgehead atoms. The maximum Gasteiger partial charge on any atom is 0.261 e. The van der Waals surface area contributed by atoms with E-state index in [0.717, 1.165) is 17.9 Å². The molecular formula is C13H14Cl2N2O3S. The molecule has 0 fully saturated rings. The van der Waals surface area contributed by atoms with Crippen molar-refractivity contribution in [1.29, 1.82) is 0 Å². The highest BCUT2D eigenvalue weighted by Crippen LogP contribution is 2.29. The Kier molecular flexibility index (Phi) is 4.81. The third kappa shape index (κ3) is 3.90. The van der Waals surface area contributed by atoms with Crippen molar-refractivity contribution >= 4 is 31.3 Å². The van der Waals surface area contributed by atoms with Gasteiger partial charge >= 0.3 is 0 Å². The van der Waals surface area contributed by atoms with E-state index in [4.69, 9.17) is 27.0 Å². The van der Waals surface area contributed by atoms with Crippen molar-refractivity contribution in [2.45, 2.75) is 31.9 Å². The molecule has 0 aliphatic heterocycles. The Balaban J connectivity index is 2.17. The van der Waals surface area contributed by atoms with E-state index >= 15 is 0 Å². The Morgan fingerprint density at radius 2 is 2.05 bits per heavy atom. The molecule has 1 aromatic carbocycles. The zero-order valence-corrected chi connectivity index (χ0v) is 13.8. The molecule has 1 aromatic heterocycles. The van der Waals surface area contributed by atoms with Gasteiger partial charge in [-0.1, -0.05) is 11.6 Å². The van der Waals surface area contributed by atoms with Gasteiger partial charge in [-0.15, -0.1) is 0 Å². The first-order chi connectivity index (χ1) is 9.81. The van der Waals surface area contributed by atoms with Gasteiger partial charge in [0.15, 0.2) is 0 Å². The summed E-state index contributed by atoms with van der Waals surface area (Å²) in [6, 6.07) is 6.03. The number of benzene rings is 1. The lowest BCUT2D eigenvalue weighted by molar-refractivity contribution is 0.292. The summed E-state index contributed by atoms with van der Waals surface area (Å²) in [6.07, 6.45) is 0. The molecule has 0 radical (unpaired) electrons. The standard InChI is InChI=1S/C13H14Cl2N2O3S/c1-3-17-10(6-9(2)16-17)8-20-13-5-4-11(7-12(13)14)21(15,18)19/h4-7H,3,8H2,1-2H3. The van der Waals surface area contributed by atoms with E-state index in [1.807, 2.05) is 24.6 Å². The molecule has 0 saturated heterocycles. The molecule has 21 heavy (non-hydrogen) atoms. The Morgan fingerprint density at radius 3 is 2.62 bits per heavy atom. The van der Waals surface area contributed by atoms with E-state index in [1.165, 1.54) is 18.2 Å². The highest BCUT2D eigenvalue weighted by Gasteiger charge is 2.13. The number of aromatic nitrogens is 2. The predicted octanol–water partition coefficient (Wildman–Crippen LogP) is 3.37. The predicted molar refractivity (Wildman–Crippen MR) is 81.5 cm³/mol. The summed E-state index contributed by atoms with van der Waals surface area (Å²) in [4.78, 5) is -0.0593. The van der Waals surface area contributed by atoms with Gasteiger partial charge in [-0.25, -0.2) is 8.42 Å². The second-order valence-electron chi connectivity index (χ2n) is 4.41. The van der Waals surface area contributed by atoms with Crippen LogP contribution in [0.25, 0.3) is 0 Å². The van der Waals surface area contributed by atoms with Gasteiger partial charge in [-0.3, -0.25) is 4.68 Å². The quantitative estimate of drug-likeness (QED) is 0.777.